The second-order valence-corrected chi connectivity index (χ2v) is 7.71. The molecule has 0 aromatic carbocycles. The number of aromatic nitrogens is 1. The largest absolute Gasteiger partial charge is 0.477 e. The Kier molecular flexibility index (Phi) is 6.20. The molecule has 1 saturated heterocycles. The van der Waals surface area contributed by atoms with E-state index in [0.717, 1.165) is 12.0 Å². The Labute approximate surface area is 137 Å². The molecule has 1 aromatic heterocycles. The molecule has 1 aliphatic rings. The van der Waals surface area contributed by atoms with Crippen LogP contribution in [0.2, 0.25) is 0 Å². The van der Waals surface area contributed by atoms with Crippen LogP contribution >= 0.6 is 0 Å². The zero-order valence-corrected chi connectivity index (χ0v) is 14.4. The SMILES string of the molecule is CCCOc1ncccc1CNC(=NC)NC1CCS(=O)(=O)C1. The van der Waals surface area contributed by atoms with Crippen LogP contribution in [-0.2, 0) is 16.4 Å². The van der Waals surface area contributed by atoms with Gasteiger partial charge in [0, 0.05) is 31.4 Å². The van der Waals surface area contributed by atoms with Crippen LogP contribution < -0.4 is 15.4 Å². The highest BCUT2D eigenvalue weighted by Crippen LogP contribution is 2.14. The maximum atomic E-state index is 11.5. The number of aliphatic imine (C=N–C) groups is 1. The van der Waals surface area contributed by atoms with Crippen molar-refractivity contribution in [2.45, 2.75) is 32.4 Å². The van der Waals surface area contributed by atoms with Gasteiger partial charge in [0.2, 0.25) is 5.88 Å². The lowest BCUT2D eigenvalue weighted by Crippen LogP contribution is -2.43. The summed E-state index contributed by atoms with van der Waals surface area (Å²) < 4.78 is 28.6. The van der Waals surface area contributed by atoms with Crippen molar-refractivity contribution >= 4 is 15.8 Å². The summed E-state index contributed by atoms with van der Waals surface area (Å²) in [5.41, 5.74) is 0.933. The van der Waals surface area contributed by atoms with Crippen LogP contribution in [0.15, 0.2) is 23.3 Å². The average molecular weight is 340 g/mol. The summed E-state index contributed by atoms with van der Waals surface area (Å²) in [7, 11) is -1.25. The highest BCUT2D eigenvalue weighted by molar-refractivity contribution is 7.91. The third kappa shape index (κ3) is 5.38. The molecular formula is C15H24N4O3S. The topological polar surface area (TPSA) is 92.7 Å². The van der Waals surface area contributed by atoms with Crippen LogP contribution in [0.1, 0.15) is 25.3 Å². The van der Waals surface area contributed by atoms with Gasteiger partial charge in [0.05, 0.1) is 18.1 Å². The van der Waals surface area contributed by atoms with E-state index in [1.807, 2.05) is 19.1 Å². The van der Waals surface area contributed by atoms with Crippen LogP contribution in [0, 0.1) is 0 Å². The van der Waals surface area contributed by atoms with Gasteiger partial charge >= 0.3 is 0 Å². The smallest absolute Gasteiger partial charge is 0.218 e. The molecule has 0 saturated carbocycles. The van der Waals surface area contributed by atoms with E-state index in [2.05, 4.69) is 20.6 Å². The van der Waals surface area contributed by atoms with Crippen LogP contribution in [0.3, 0.4) is 0 Å². The number of sulfone groups is 1. The minimum Gasteiger partial charge on any atom is -0.477 e. The molecule has 1 aromatic rings. The summed E-state index contributed by atoms with van der Waals surface area (Å²) in [6.07, 6.45) is 3.23. The van der Waals surface area contributed by atoms with Gasteiger partial charge in [0.15, 0.2) is 15.8 Å². The zero-order valence-electron chi connectivity index (χ0n) is 13.6. The molecule has 1 atom stereocenters. The Morgan fingerprint density at radius 1 is 1.52 bits per heavy atom. The molecule has 7 nitrogen and oxygen atoms in total. The minimum absolute atomic E-state index is 0.0871. The van der Waals surface area contributed by atoms with Crippen molar-refractivity contribution in [3.63, 3.8) is 0 Å². The van der Waals surface area contributed by atoms with E-state index in [4.69, 9.17) is 4.74 Å². The van der Waals surface area contributed by atoms with Crippen molar-refractivity contribution in [1.82, 2.24) is 15.6 Å². The first kappa shape index (κ1) is 17.5. The van der Waals surface area contributed by atoms with Gasteiger partial charge < -0.3 is 15.4 Å². The predicted octanol–water partition coefficient (Wildman–Crippen LogP) is 0.723. The Morgan fingerprint density at radius 3 is 3.00 bits per heavy atom. The zero-order chi connectivity index (χ0) is 16.7. The van der Waals surface area contributed by atoms with E-state index in [-0.39, 0.29) is 17.5 Å². The molecule has 1 fully saturated rings. The molecule has 1 unspecified atom stereocenters. The third-order valence-corrected chi connectivity index (χ3v) is 5.30. The number of hydrogen-bond acceptors (Lipinski definition) is 5. The lowest BCUT2D eigenvalue weighted by Gasteiger charge is -2.17. The molecule has 2 heterocycles. The number of hydrogen-bond donors (Lipinski definition) is 2. The molecule has 0 spiro atoms. The second-order valence-electron chi connectivity index (χ2n) is 5.49. The van der Waals surface area contributed by atoms with Crippen molar-refractivity contribution in [2.24, 2.45) is 4.99 Å². The normalized spacial score (nSPS) is 20.3. The summed E-state index contributed by atoms with van der Waals surface area (Å²) in [6, 6.07) is 3.71. The number of ether oxygens (including phenoxy) is 1. The van der Waals surface area contributed by atoms with Crippen molar-refractivity contribution in [3.8, 4) is 5.88 Å². The van der Waals surface area contributed by atoms with Gasteiger partial charge in [-0.3, -0.25) is 4.99 Å². The van der Waals surface area contributed by atoms with Crippen LogP contribution in [0.5, 0.6) is 5.88 Å². The molecule has 0 amide bonds. The van der Waals surface area contributed by atoms with Crippen molar-refractivity contribution in [2.75, 3.05) is 25.2 Å². The predicted molar refractivity (Wildman–Crippen MR) is 90.4 cm³/mol. The van der Waals surface area contributed by atoms with Gasteiger partial charge in [-0.25, -0.2) is 13.4 Å². The van der Waals surface area contributed by atoms with E-state index >= 15 is 0 Å². The number of rotatable bonds is 6. The molecule has 2 rings (SSSR count). The summed E-state index contributed by atoms with van der Waals surface area (Å²) in [5, 5.41) is 6.33. The molecule has 128 valence electrons. The van der Waals surface area contributed by atoms with E-state index in [9.17, 15) is 8.42 Å². The standard InChI is InChI=1S/C15H24N4O3S/c1-3-8-22-14-12(5-4-7-17-14)10-18-15(16-2)19-13-6-9-23(20,21)11-13/h4-5,7,13H,3,6,8-11H2,1-2H3,(H2,16,18,19). The number of pyridine rings is 1. The fraction of sp³-hybridized carbons (Fsp3) is 0.600. The van der Waals surface area contributed by atoms with E-state index in [0.29, 0.717) is 31.4 Å². The highest BCUT2D eigenvalue weighted by Gasteiger charge is 2.28. The average Bonchev–Trinajstić information content (AvgIpc) is 2.89. The lowest BCUT2D eigenvalue weighted by molar-refractivity contribution is 0.301. The maximum absolute atomic E-state index is 11.5. The Hall–Kier alpha value is -1.83. The second kappa shape index (κ2) is 8.14. The summed E-state index contributed by atoms with van der Waals surface area (Å²) in [6.45, 7) is 3.17. The quantitative estimate of drug-likeness (QED) is 0.586. The fourth-order valence-electron chi connectivity index (χ4n) is 2.36. The molecule has 0 radical (unpaired) electrons. The van der Waals surface area contributed by atoms with Gasteiger partial charge in [-0.1, -0.05) is 13.0 Å². The molecule has 0 bridgehead atoms. The maximum Gasteiger partial charge on any atom is 0.218 e. The Bertz CT molecular complexity index is 646. The van der Waals surface area contributed by atoms with Crippen molar-refractivity contribution < 1.29 is 13.2 Å². The van der Waals surface area contributed by atoms with Crippen LogP contribution in [0.25, 0.3) is 0 Å². The Morgan fingerprint density at radius 2 is 2.35 bits per heavy atom. The Balaban J connectivity index is 1.91. The lowest BCUT2D eigenvalue weighted by atomic mass is 10.2. The molecule has 23 heavy (non-hydrogen) atoms. The van der Waals surface area contributed by atoms with Crippen LogP contribution in [-0.4, -0.2) is 50.6 Å². The number of nitrogens with zero attached hydrogens (tertiary/aromatic N) is 2. The summed E-state index contributed by atoms with van der Waals surface area (Å²) in [4.78, 5) is 8.39. The van der Waals surface area contributed by atoms with Gasteiger partial charge in [-0.15, -0.1) is 0 Å². The molecule has 2 N–H and O–H groups in total. The molecular weight excluding hydrogens is 316 g/mol. The van der Waals surface area contributed by atoms with Gasteiger partial charge in [0.1, 0.15) is 0 Å². The molecule has 8 heteroatoms. The van der Waals surface area contributed by atoms with Crippen molar-refractivity contribution in [1.29, 1.82) is 0 Å². The summed E-state index contributed by atoms with van der Waals surface area (Å²) >= 11 is 0. The summed E-state index contributed by atoms with van der Waals surface area (Å²) in [5.74, 6) is 1.59. The molecule has 0 aliphatic carbocycles. The van der Waals surface area contributed by atoms with Gasteiger partial charge in [0.25, 0.3) is 0 Å². The number of nitrogens with one attached hydrogen (secondary N) is 2. The first-order valence-electron chi connectivity index (χ1n) is 7.78. The van der Waals surface area contributed by atoms with E-state index in [1.165, 1.54) is 0 Å². The number of guanidine groups is 1. The fourth-order valence-corrected chi connectivity index (χ4v) is 4.04. The highest BCUT2D eigenvalue weighted by atomic mass is 32.2. The minimum atomic E-state index is -2.91. The van der Waals surface area contributed by atoms with E-state index < -0.39 is 9.84 Å². The molecule has 1 aliphatic heterocycles. The van der Waals surface area contributed by atoms with Gasteiger partial charge in [-0.05, 0) is 18.9 Å². The monoisotopic (exact) mass is 340 g/mol. The van der Waals surface area contributed by atoms with Crippen LogP contribution in [0.4, 0.5) is 0 Å². The first-order chi connectivity index (χ1) is 11.0. The van der Waals surface area contributed by atoms with E-state index in [1.54, 1.807) is 13.2 Å². The third-order valence-electron chi connectivity index (χ3n) is 3.54. The first-order valence-corrected chi connectivity index (χ1v) is 9.60. The van der Waals surface area contributed by atoms with Gasteiger partial charge in [-0.2, -0.15) is 0 Å². The van der Waals surface area contributed by atoms with Crippen molar-refractivity contribution in [3.05, 3.63) is 23.9 Å².